The number of alkyl halides is 2. The summed E-state index contributed by atoms with van der Waals surface area (Å²) in [5.41, 5.74) is -0.0617. The molecule has 0 bridgehead atoms. The van der Waals surface area contributed by atoms with Crippen molar-refractivity contribution in [2.75, 3.05) is 5.32 Å². The summed E-state index contributed by atoms with van der Waals surface area (Å²) < 4.78 is 34.1. The van der Waals surface area contributed by atoms with Gasteiger partial charge in [0.05, 0.1) is 15.7 Å². The summed E-state index contributed by atoms with van der Waals surface area (Å²) in [5.74, 6) is -2.04. The van der Waals surface area contributed by atoms with Crippen molar-refractivity contribution in [1.29, 1.82) is 0 Å². The molecule has 2 aromatic rings. The first-order valence-corrected chi connectivity index (χ1v) is 8.05. The molecule has 138 valence electrons. The first-order valence-electron chi connectivity index (χ1n) is 7.29. The Bertz CT molecular complexity index is 797. The first kappa shape index (κ1) is 19.9. The van der Waals surface area contributed by atoms with Gasteiger partial charge in [-0.05, 0) is 31.2 Å². The number of nitrogens with one attached hydrogen (secondary N) is 1. The molecule has 1 amide bonds. The number of halogens is 4. The molecule has 0 aliphatic carbocycles. The summed E-state index contributed by atoms with van der Waals surface area (Å²) in [7, 11) is 0. The van der Waals surface area contributed by atoms with Crippen LogP contribution >= 0.6 is 23.2 Å². The number of amides is 1. The van der Waals surface area contributed by atoms with Crippen molar-refractivity contribution in [3.05, 3.63) is 58.1 Å². The molecular formula is C17H13Cl2F2NO4. The third-order valence-electron chi connectivity index (χ3n) is 3.19. The average Bonchev–Trinajstić information content (AvgIpc) is 2.58. The summed E-state index contributed by atoms with van der Waals surface area (Å²) in [6.07, 6.45) is -1.24. The number of benzene rings is 2. The van der Waals surface area contributed by atoms with E-state index >= 15 is 0 Å². The van der Waals surface area contributed by atoms with E-state index in [9.17, 15) is 18.4 Å². The van der Waals surface area contributed by atoms with Crippen LogP contribution in [0.5, 0.6) is 5.75 Å². The zero-order valence-corrected chi connectivity index (χ0v) is 14.9. The number of para-hydroxylation sites is 2. The second-order valence-electron chi connectivity index (χ2n) is 5.01. The number of ether oxygens (including phenoxy) is 2. The van der Waals surface area contributed by atoms with Crippen LogP contribution in [0.1, 0.15) is 17.3 Å². The number of hydrogen-bond donors (Lipinski definition) is 1. The Labute approximate surface area is 157 Å². The van der Waals surface area contributed by atoms with Crippen molar-refractivity contribution in [3.8, 4) is 5.75 Å². The van der Waals surface area contributed by atoms with Gasteiger partial charge in [0, 0.05) is 0 Å². The Morgan fingerprint density at radius 1 is 1.04 bits per heavy atom. The molecule has 0 aliphatic rings. The van der Waals surface area contributed by atoms with E-state index in [-0.39, 0.29) is 27.0 Å². The van der Waals surface area contributed by atoms with E-state index in [0.29, 0.717) is 0 Å². The predicted molar refractivity (Wildman–Crippen MR) is 93.0 cm³/mol. The lowest BCUT2D eigenvalue weighted by molar-refractivity contribution is -0.123. The Morgan fingerprint density at radius 3 is 2.27 bits per heavy atom. The molecule has 9 heteroatoms. The highest BCUT2D eigenvalue weighted by Gasteiger charge is 2.23. The monoisotopic (exact) mass is 403 g/mol. The second kappa shape index (κ2) is 8.82. The highest BCUT2D eigenvalue weighted by atomic mass is 35.5. The van der Waals surface area contributed by atoms with Gasteiger partial charge in [-0.25, -0.2) is 4.79 Å². The highest BCUT2D eigenvalue weighted by molar-refractivity contribution is 6.39. The summed E-state index contributed by atoms with van der Waals surface area (Å²) in [4.78, 5) is 24.4. The fraction of sp³-hybridized carbons (Fsp3) is 0.176. The first-order chi connectivity index (χ1) is 12.3. The van der Waals surface area contributed by atoms with Crippen molar-refractivity contribution in [1.82, 2.24) is 0 Å². The number of esters is 1. The maximum absolute atomic E-state index is 12.4. The van der Waals surface area contributed by atoms with E-state index in [0.717, 1.165) is 0 Å². The lowest BCUT2D eigenvalue weighted by atomic mass is 10.2. The fourth-order valence-electron chi connectivity index (χ4n) is 1.95. The van der Waals surface area contributed by atoms with E-state index in [1.54, 1.807) is 6.07 Å². The van der Waals surface area contributed by atoms with Crippen LogP contribution < -0.4 is 10.1 Å². The second-order valence-corrected chi connectivity index (χ2v) is 5.82. The average molecular weight is 404 g/mol. The largest absolute Gasteiger partial charge is 0.449 e. The van der Waals surface area contributed by atoms with Crippen LogP contribution in [-0.4, -0.2) is 24.6 Å². The van der Waals surface area contributed by atoms with Crippen LogP contribution in [0.2, 0.25) is 10.0 Å². The van der Waals surface area contributed by atoms with Gasteiger partial charge in [0.15, 0.2) is 6.10 Å². The smallest absolute Gasteiger partial charge is 0.387 e. The molecule has 0 saturated carbocycles. The van der Waals surface area contributed by atoms with Gasteiger partial charge in [0.1, 0.15) is 11.3 Å². The van der Waals surface area contributed by atoms with Gasteiger partial charge in [-0.1, -0.05) is 41.4 Å². The Hall–Kier alpha value is -2.38. The van der Waals surface area contributed by atoms with Crippen LogP contribution in [0.15, 0.2) is 42.5 Å². The topological polar surface area (TPSA) is 64.6 Å². The normalized spacial score (nSPS) is 11.8. The number of hydrogen-bond acceptors (Lipinski definition) is 4. The minimum Gasteiger partial charge on any atom is -0.449 e. The van der Waals surface area contributed by atoms with Gasteiger partial charge in [0.25, 0.3) is 5.91 Å². The molecule has 0 fully saturated rings. The van der Waals surface area contributed by atoms with E-state index < -0.39 is 24.6 Å². The SMILES string of the molecule is C[C@H](OC(=O)c1ccccc1OC(F)F)C(=O)Nc1c(Cl)cccc1Cl. The lowest BCUT2D eigenvalue weighted by Crippen LogP contribution is -2.30. The number of carbonyl (C=O) groups is 2. The Kier molecular flexibility index (Phi) is 6.76. The van der Waals surface area contributed by atoms with E-state index in [1.165, 1.54) is 43.3 Å². The van der Waals surface area contributed by atoms with Gasteiger partial charge in [-0.15, -0.1) is 0 Å². The Balaban J connectivity index is 2.08. The summed E-state index contributed by atoms with van der Waals surface area (Å²) in [6.45, 7) is -1.79. The van der Waals surface area contributed by atoms with Gasteiger partial charge < -0.3 is 14.8 Å². The van der Waals surface area contributed by atoms with Crippen molar-refractivity contribution in [2.45, 2.75) is 19.6 Å². The molecule has 2 aromatic carbocycles. The van der Waals surface area contributed by atoms with E-state index in [2.05, 4.69) is 10.1 Å². The summed E-state index contributed by atoms with van der Waals surface area (Å²) >= 11 is 11.9. The molecule has 0 heterocycles. The van der Waals surface area contributed by atoms with Crippen LogP contribution in [-0.2, 0) is 9.53 Å². The maximum Gasteiger partial charge on any atom is 0.387 e. The number of carbonyl (C=O) groups excluding carboxylic acids is 2. The van der Waals surface area contributed by atoms with Crippen LogP contribution in [0, 0.1) is 0 Å². The zero-order chi connectivity index (χ0) is 19.3. The molecule has 5 nitrogen and oxygen atoms in total. The molecule has 0 radical (unpaired) electrons. The van der Waals surface area contributed by atoms with Gasteiger partial charge in [-0.2, -0.15) is 8.78 Å². The number of rotatable bonds is 6. The Morgan fingerprint density at radius 2 is 1.65 bits per heavy atom. The molecule has 0 aromatic heterocycles. The third kappa shape index (κ3) is 5.06. The van der Waals surface area contributed by atoms with Crippen LogP contribution in [0.3, 0.4) is 0 Å². The number of anilines is 1. The summed E-state index contributed by atoms with van der Waals surface area (Å²) in [5, 5.41) is 2.87. The van der Waals surface area contributed by atoms with Gasteiger partial charge in [-0.3, -0.25) is 4.79 Å². The zero-order valence-electron chi connectivity index (χ0n) is 13.3. The molecular weight excluding hydrogens is 391 g/mol. The molecule has 1 N–H and O–H groups in total. The van der Waals surface area contributed by atoms with Gasteiger partial charge >= 0.3 is 12.6 Å². The predicted octanol–water partition coefficient (Wildman–Crippen LogP) is 4.78. The quantitative estimate of drug-likeness (QED) is 0.704. The van der Waals surface area contributed by atoms with Crippen molar-refractivity contribution in [3.63, 3.8) is 0 Å². The molecule has 2 rings (SSSR count). The highest BCUT2D eigenvalue weighted by Crippen LogP contribution is 2.30. The minimum absolute atomic E-state index is 0.171. The molecule has 1 atom stereocenters. The van der Waals surface area contributed by atoms with E-state index in [4.69, 9.17) is 27.9 Å². The molecule has 26 heavy (non-hydrogen) atoms. The molecule has 0 unspecified atom stereocenters. The third-order valence-corrected chi connectivity index (χ3v) is 3.82. The van der Waals surface area contributed by atoms with Gasteiger partial charge in [0.2, 0.25) is 0 Å². The lowest BCUT2D eigenvalue weighted by Gasteiger charge is -2.16. The summed E-state index contributed by atoms with van der Waals surface area (Å²) in [6, 6.07) is 9.96. The maximum atomic E-state index is 12.4. The standard InChI is InChI=1S/C17H13Cl2F2NO4/c1-9(15(23)22-14-11(18)6-4-7-12(14)19)25-16(24)10-5-2-3-8-13(10)26-17(20)21/h2-9,17H,1H3,(H,22,23)/t9-/m0/s1. The van der Waals surface area contributed by atoms with Crippen molar-refractivity contribution >= 4 is 40.8 Å². The molecule has 0 aliphatic heterocycles. The van der Waals surface area contributed by atoms with E-state index in [1.807, 2.05) is 0 Å². The minimum atomic E-state index is -3.10. The molecule has 0 spiro atoms. The van der Waals surface area contributed by atoms with Crippen molar-refractivity contribution in [2.24, 2.45) is 0 Å². The van der Waals surface area contributed by atoms with Crippen LogP contribution in [0.4, 0.5) is 14.5 Å². The van der Waals surface area contributed by atoms with Crippen LogP contribution in [0.25, 0.3) is 0 Å². The fourth-order valence-corrected chi connectivity index (χ4v) is 2.45. The van der Waals surface area contributed by atoms with Crippen molar-refractivity contribution < 1.29 is 27.8 Å². The molecule has 0 saturated heterocycles.